The molecule has 2 aromatic rings. The van der Waals surface area contributed by atoms with Gasteiger partial charge in [-0.1, -0.05) is 49.4 Å². The van der Waals surface area contributed by atoms with Crippen LogP contribution in [0.1, 0.15) is 29.7 Å². The lowest BCUT2D eigenvalue weighted by Gasteiger charge is -2.29. The lowest BCUT2D eigenvalue weighted by molar-refractivity contribution is 0.0645. The van der Waals surface area contributed by atoms with Crippen molar-refractivity contribution in [2.75, 3.05) is 6.61 Å². The van der Waals surface area contributed by atoms with Gasteiger partial charge in [0.25, 0.3) is 0 Å². The number of ether oxygens (including phenoxy) is 1. The fourth-order valence-electron chi connectivity index (χ4n) is 2.78. The van der Waals surface area contributed by atoms with Crippen LogP contribution in [0.5, 0.6) is 5.75 Å². The van der Waals surface area contributed by atoms with Gasteiger partial charge >= 0.3 is 0 Å². The quantitative estimate of drug-likeness (QED) is 0.922. The van der Waals surface area contributed by atoms with Gasteiger partial charge in [-0.25, -0.2) is 0 Å². The standard InChI is InChI=1S/C18H20O2/c1-2-13-7-9-14(10-8-13)18(19)16-11-15-5-3-4-6-17(15)20-12-16/h3-10,16,18-19H,2,11-12H2,1H3. The molecule has 0 aliphatic carbocycles. The summed E-state index contributed by atoms with van der Waals surface area (Å²) in [6, 6.07) is 16.3. The zero-order valence-corrected chi connectivity index (χ0v) is 11.8. The van der Waals surface area contributed by atoms with Gasteiger partial charge in [0.2, 0.25) is 0 Å². The van der Waals surface area contributed by atoms with Crippen LogP contribution in [0, 0.1) is 5.92 Å². The van der Waals surface area contributed by atoms with Crippen LogP contribution < -0.4 is 4.74 Å². The number of para-hydroxylation sites is 1. The molecule has 2 heteroatoms. The molecular formula is C18H20O2. The third kappa shape index (κ3) is 2.56. The maximum absolute atomic E-state index is 10.6. The first kappa shape index (κ1) is 13.2. The number of fused-ring (bicyclic) bond motifs is 1. The Morgan fingerprint density at radius 2 is 1.90 bits per heavy atom. The van der Waals surface area contributed by atoms with E-state index in [2.05, 4.69) is 25.1 Å². The van der Waals surface area contributed by atoms with E-state index < -0.39 is 6.10 Å². The summed E-state index contributed by atoms with van der Waals surface area (Å²) in [5.74, 6) is 1.08. The van der Waals surface area contributed by atoms with Crippen molar-refractivity contribution in [1.29, 1.82) is 0 Å². The number of aryl methyl sites for hydroxylation is 1. The van der Waals surface area contributed by atoms with E-state index in [9.17, 15) is 5.11 Å². The number of hydrogen-bond acceptors (Lipinski definition) is 2. The highest BCUT2D eigenvalue weighted by molar-refractivity contribution is 5.36. The van der Waals surface area contributed by atoms with Gasteiger partial charge in [0.1, 0.15) is 5.75 Å². The minimum atomic E-state index is -0.464. The van der Waals surface area contributed by atoms with Crippen LogP contribution in [0.4, 0.5) is 0 Å². The Balaban J connectivity index is 1.76. The van der Waals surface area contributed by atoms with Gasteiger partial charge in [-0.15, -0.1) is 0 Å². The van der Waals surface area contributed by atoms with Crippen LogP contribution in [0.3, 0.4) is 0 Å². The molecule has 0 spiro atoms. The van der Waals surface area contributed by atoms with Gasteiger partial charge in [0.15, 0.2) is 0 Å². The van der Waals surface area contributed by atoms with Crippen LogP contribution in [0.2, 0.25) is 0 Å². The lowest BCUT2D eigenvalue weighted by atomic mass is 9.88. The predicted octanol–water partition coefficient (Wildman–Crippen LogP) is 3.53. The maximum Gasteiger partial charge on any atom is 0.122 e. The predicted molar refractivity (Wildman–Crippen MR) is 79.9 cm³/mol. The Labute approximate surface area is 120 Å². The van der Waals surface area contributed by atoms with E-state index in [0.29, 0.717) is 6.61 Å². The molecule has 2 aromatic carbocycles. The minimum absolute atomic E-state index is 0.123. The topological polar surface area (TPSA) is 29.5 Å². The first-order valence-corrected chi connectivity index (χ1v) is 7.25. The van der Waals surface area contributed by atoms with Crippen LogP contribution in [0.25, 0.3) is 0 Å². The fraction of sp³-hybridized carbons (Fsp3) is 0.333. The molecule has 1 heterocycles. The molecule has 0 fully saturated rings. The molecular weight excluding hydrogens is 248 g/mol. The highest BCUT2D eigenvalue weighted by atomic mass is 16.5. The highest BCUT2D eigenvalue weighted by Crippen LogP contribution is 2.33. The molecule has 0 amide bonds. The van der Waals surface area contributed by atoms with Crippen LogP contribution >= 0.6 is 0 Å². The van der Waals surface area contributed by atoms with Crippen LogP contribution in [0.15, 0.2) is 48.5 Å². The molecule has 2 unspecified atom stereocenters. The van der Waals surface area contributed by atoms with Gasteiger partial charge < -0.3 is 9.84 Å². The van der Waals surface area contributed by atoms with Crippen molar-refractivity contribution >= 4 is 0 Å². The van der Waals surface area contributed by atoms with Crippen molar-refractivity contribution in [2.45, 2.75) is 25.9 Å². The fourth-order valence-corrected chi connectivity index (χ4v) is 2.78. The number of aliphatic hydroxyl groups excluding tert-OH is 1. The van der Waals surface area contributed by atoms with Gasteiger partial charge in [0.05, 0.1) is 12.7 Å². The molecule has 0 aromatic heterocycles. The Hall–Kier alpha value is -1.80. The summed E-state index contributed by atoms with van der Waals surface area (Å²) in [7, 11) is 0. The second-order valence-electron chi connectivity index (χ2n) is 5.42. The summed E-state index contributed by atoms with van der Waals surface area (Å²) in [4.78, 5) is 0. The van der Waals surface area contributed by atoms with Crippen LogP contribution in [-0.2, 0) is 12.8 Å². The number of hydrogen-bond donors (Lipinski definition) is 1. The molecule has 2 atom stereocenters. The van der Waals surface area contributed by atoms with E-state index in [4.69, 9.17) is 4.74 Å². The summed E-state index contributed by atoms with van der Waals surface area (Å²) in [6.45, 7) is 2.71. The highest BCUT2D eigenvalue weighted by Gasteiger charge is 2.26. The molecule has 20 heavy (non-hydrogen) atoms. The molecule has 1 aliphatic rings. The molecule has 3 rings (SSSR count). The van der Waals surface area contributed by atoms with Crippen molar-refractivity contribution in [1.82, 2.24) is 0 Å². The number of benzene rings is 2. The van der Waals surface area contributed by atoms with Gasteiger partial charge in [0, 0.05) is 5.92 Å². The van der Waals surface area contributed by atoms with E-state index in [1.165, 1.54) is 11.1 Å². The average Bonchev–Trinajstić information content (AvgIpc) is 2.54. The van der Waals surface area contributed by atoms with E-state index in [-0.39, 0.29) is 5.92 Å². The summed E-state index contributed by atoms with van der Waals surface area (Å²) in [5, 5.41) is 10.6. The van der Waals surface area contributed by atoms with Crippen LogP contribution in [-0.4, -0.2) is 11.7 Å². The largest absolute Gasteiger partial charge is 0.493 e. The average molecular weight is 268 g/mol. The summed E-state index contributed by atoms with van der Waals surface area (Å²) in [5.41, 5.74) is 3.47. The molecule has 1 aliphatic heterocycles. The molecule has 1 N–H and O–H groups in total. The minimum Gasteiger partial charge on any atom is -0.493 e. The van der Waals surface area contributed by atoms with Crippen molar-refractivity contribution in [3.8, 4) is 5.75 Å². The maximum atomic E-state index is 10.6. The SMILES string of the molecule is CCc1ccc(C(O)C2COc3ccccc3C2)cc1. The molecule has 104 valence electrons. The molecule has 0 bridgehead atoms. The second-order valence-corrected chi connectivity index (χ2v) is 5.42. The summed E-state index contributed by atoms with van der Waals surface area (Å²) in [6.07, 6.45) is 1.43. The first-order valence-electron chi connectivity index (χ1n) is 7.25. The Morgan fingerprint density at radius 3 is 2.65 bits per heavy atom. The number of rotatable bonds is 3. The van der Waals surface area contributed by atoms with E-state index in [1.807, 2.05) is 30.3 Å². The summed E-state index contributed by atoms with van der Waals surface area (Å²) >= 11 is 0. The van der Waals surface area contributed by atoms with Crippen molar-refractivity contribution in [2.24, 2.45) is 5.92 Å². The van der Waals surface area contributed by atoms with E-state index in [1.54, 1.807) is 0 Å². The van der Waals surface area contributed by atoms with E-state index in [0.717, 1.165) is 24.2 Å². The second kappa shape index (κ2) is 5.68. The van der Waals surface area contributed by atoms with Crippen molar-refractivity contribution in [3.63, 3.8) is 0 Å². The van der Waals surface area contributed by atoms with Gasteiger partial charge in [-0.2, -0.15) is 0 Å². The molecule has 0 radical (unpaired) electrons. The Kier molecular flexibility index (Phi) is 3.75. The lowest BCUT2D eigenvalue weighted by Crippen LogP contribution is -2.26. The molecule has 0 saturated heterocycles. The van der Waals surface area contributed by atoms with Crippen molar-refractivity contribution < 1.29 is 9.84 Å². The zero-order valence-electron chi connectivity index (χ0n) is 11.8. The first-order chi connectivity index (χ1) is 9.78. The molecule has 2 nitrogen and oxygen atoms in total. The molecule has 0 saturated carbocycles. The van der Waals surface area contributed by atoms with Gasteiger partial charge in [-0.05, 0) is 35.6 Å². The third-order valence-electron chi connectivity index (χ3n) is 4.08. The Morgan fingerprint density at radius 1 is 1.15 bits per heavy atom. The summed E-state index contributed by atoms with van der Waals surface area (Å²) < 4.78 is 5.76. The third-order valence-corrected chi connectivity index (χ3v) is 4.08. The normalized spacial score (nSPS) is 19.0. The Bertz CT molecular complexity index is 574. The zero-order chi connectivity index (χ0) is 13.9. The smallest absolute Gasteiger partial charge is 0.122 e. The monoisotopic (exact) mass is 268 g/mol. The van der Waals surface area contributed by atoms with Crippen molar-refractivity contribution in [3.05, 3.63) is 65.2 Å². The van der Waals surface area contributed by atoms with E-state index >= 15 is 0 Å². The van der Waals surface area contributed by atoms with Gasteiger partial charge in [-0.3, -0.25) is 0 Å². The number of aliphatic hydroxyl groups is 1.